The van der Waals surface area contributed by atoms with E-state index >= 15 is 0 Å². The Labute approximate surface area is 189 Å². The molecule has 0 aliphatic rings. The molecule has 2 heterocycles. The Morgan fingerprint density at radius 2 is 1.72 bits per heavy atom. The number of nitrogens with zero attached hydrogens (tertiary/aromatic N) is 7. The minimum Gasteiger partial charge on any atom is -0.368 e. The van der Waals surface area contributed by atoms with Crippen LogP contribution in [0.25, 0.3) is 11.4 Å². The highest BCUT2D eigenvalue weighted by molar-refractivity contribution is 7.99. The largest absolute Gasteiger partial charge is 0.368 e. The van der Waals surface area contributed by atoms with E-state index in [1.54, 1.807) is 23.1 Å². The maximum absolute atomic E-state index is 14.6. The zero-order valence-electron chi connectivity index (χ0n) is 18.0. The van der Waals surface area contributed by atoms with Crippen LogP contribution in [-0.2, 0) is 6.54 Å². The van der Waals surface area contributed by atoms with Crippen molar-refractivity contribution in [3.05, 3.63) is 71.8 Å². The highest BCUT2D eigenvalue weighted by Gasteiger charge is 2.22. The Morgan fingerprint density at radius 1 is 1.00 bits per heavy atom. The molecule has 8 nitrogen and oxygen atoms in total. The summed E-state index contributed by atoms with van der Waals surface area (Å²) in [7, 11) is 3.68. The van der Waals surface area contributed by atoms with Crippen molar-refractivity contribution in [2.45, 2.75) is 23.9 Å². The van der Waals surface area contributed by atoms with E-state index in [9.17, 15) is 4.39 Å². The molecule has 0 saturated carbocycles. The van der Waals surface area contributed by atoms with Gasteiger partial charge in [-0.05, 0) is 24.6 Å². The van der Waals surface area contributed by atoms with Gasteiger partial charge < -0.3 is 10.6 Å². The van der Waals surface area contributed by atoms with E-state index in [-0.39, 0.29) is 17.0 Å². The molecule has 0 radical (unpaired) electrons. The maximum atomic E-state index is 14.6. The van der Waals surface area contributed by atoms with Gasteiger partial charge in [0.15, 0.2) is 11.0 Å². The predicted octanol–water partition coefficient (Wildman–Crippen LogP) is 3.82. The van der Waals surface area contributed by atoms with Gasteiger partial charge in [-0.25, -0.2) is 4.39 Å². The summed E-state index contributed by atoms with van der Waals surface area (Å²) in [5.41, 5.74) is 7.34. The van der Waals surface area contributed by atoms with Crippen LogP contribution >= 0.6 is 11.8 Å². The van der Waals surface area contributed by atoms with Gasteiger partial charge in [-0.1, -0.05) is 54.2 Å². The highest BCUT2D eigenvalue weighted by atomic mass is 32.2. The molecular formula is C22H23FN8S. The van der Waals surface area contributed by atoms with Crippen molar-refractivity contribution in [3.8, 4) is 11.4 Å². The van der Waals surface area contributed by atoms with Gasteiger partial charge in [0.05, 0.1) is 17.4 Å². The molecule has 0 aliphatic carbocycles. The second-order valence-electron chi connectivity index (χ2n) is 7.36. The minimum atomic E-state index is -0.348. The molecule has 1 atom stereocenters. The van der Waals surface area contributed by atoms with Crippen molar-refractivity contribution in [2.75, 3.05) is 24.7 Å². The van der Waals surface area contributed by atoms with Crippen molar-refractivity contribution >= 4 is 23.7 Å². The van der Waals surface area contributed by atoms with Crippen LogP contribution in [0, 0.1) is 5.82 Å². The van der Waals surface area contributed by atoms with E-state index in [1.165, 1.54) is 17.8 Å². The molecule has 2 N–H and O–H groups in total. The minimum absolute atomic E-state index is 0.156. The molecule has 0 spiro atoms. The second-order valence-corrected chi connectivity index (χ2v) is 8.67. The number of anilines is 2. The number of hydrogen-bond acceptors (Lipinski definition) is 8. The Kier molecular flexibility index (Phi) is 6.31. The van der Waals surface area contributed by atoms with Gasteiger partial charge in [-0.15, -0.1) is 10.2 Å². The number of rotatable bonds is 7. The summed E-state index contributed by atoms with van der Waals surface area (Å²) >= 11 is 1.43. The molecule has 4 rings (SSSR count). The van der Waals surface area contributed by atoms with E-state index in [1.807, 2.05) is 55.9 Å². The lowest BCUT2D eigenvalue weighted by atomic mass is 10.2. The summed E-state index contributed by atoms with van der Waals surface area (Å²) < 4.78 is 16.5. The first-order valence-corrected chi connectivity index (χ1v) is 10.9. The fourth-order valence-corrected chi connectivity index (χ4v) is 4.01. The summed E-state index contributed by atoms with van der Waals surface area (Å²) in [5, 5.41) is 9.13. The lowest BCUT2D eigenvalue weighted by Crippen LogP contribution is -2.16. The first-order chi connectivity index (χ1) is 15.4. The predicted molar refractivity (Wildman–Crippen MR) is 124 cm³/mol. The van der Waals surface area contributed by atoms with Crippen LogP contribution in [0.15, 0.2) is 59.8 Å². The lowest BCUT2D eigenvalue weighted by Gasteiger charge is -2.15. The Morgan fingerprint density at radius 3 is 2.44 bits per heavy atom. The molecule has 0 bridgehead atoms. The third-order valence-electron chi connectivity index (χ3n) is 4.72. The summed E-state index contributed by atoms with van der Waals surface area (Å²) in [6.45, 7) is 2.46. The molecule has 0 saturated heterocycles. The maximum Gasteiger partial charge on any atom is 0.229 e. The standard InChI is InChI=1S/C22H23FN8S/c1-14(18-25-20(24)27-21(26-18)30(2)3)32-22-29-28-19(16-11-7-8-12-17(16)23)31(22)13-15-9-5-4-6-10-15/h4-12,14H,13H2,1-3H3,(H2,24,25,26,27)/t14-/m1/s1. The van der Waals surface area contributed by atoms with Crippen LogP contribution in [0.3, 0.4) is 0 Å². The van der Waals surface area contributed by atoms with Crippen LogP contribution < -0.4 is 10.6 Å². The van der Waals surface area contributed by atoms with E-state index in [0.717, 1.165) is 5.56 Å². The van der Waals surface area contributed by atoms with Gasteiger partial charge in [-0.2, -0.15) is 15.0 Å². The van der Waals surface area contributed by atoms with Gasteiger partial charge >= 0.3 is 0 Å². The number of halogens is 1. The number of aromatic nitrogens is 6. The number of benzene rings is 2. The average molecular weight is 451 g/mol. The molecule has 10 heteroatoms. The molecule has 0 fully saturated rings. The van der Waals surface area contributed by atoms with Gasteiger partial charge in [0.1, 0.15) is 11.6 Å². The summed E-state index contributed by atoms with van der Waals surface area (Å²) in [6, 6.07) is 16.5. The third-order valence-corrected chi connectivity index (χ3v) is 5.80. The van der Waals surface area contributed by atoms with Crippen LogP contribution in [0.4, 0.5) is 16.3 Å². The van der Waals surface area contributed by atoms with Gasteiger partial charge in [0, 0.05) is 14.1 Å². The van der Waals surface area contributed by atoms with Crippen LogP contribution in [0.5, 0.6) is 0 Å². The van der Waals surface area contributed by atoms with Gasteiger partial charge in [0.25, 0.3) is 0 Å². The molecular weight excluding hydrogens is 427 g/mol. The van der Waals surface area contributed by atoms with Gasteiger partial charge in [-0.3, -0.25) is 4.57 Å². The zero-order chi connectivity index (χ0) is 22.7. The van der Waals surface area contributed by atoms with Crippen LogP contribution in [-0.4, -0.2) is 43.8 Å². The lowest BCUT2D eigenvalue weighted by molar-refractivity contribution is 0.626. The summed E-state index contributed by atoms with van der Waals surface area (Å²) in [6.07, 6.45) is 0. The fraction of sp³-hybridized carbons (Fsp3) is 0.227. The van der Waals surface area contributed by atoms with E-state index in [4.69, 9.17) is 5.73 Å². The smallest absolute Gasteiger partial charge is 0.229 e. The quantitative estimate of drug-likeness (QED) is 0.424. The molecule has 0 amide bonds. The van der Waals surface area contributed by atoms with E-state index in [2.05, 4.69) is 25.1 Å². The van der Waals surface area contributed by atoms with Gasteiger partial charge in [0.2, 0.25) is 11.9 Å². The molecule has 4 aromatic rings. The fourth-order valence-electron chi connectivity index (χ4n) is 3.12. The average Bonchev–Trinajstić information content (AvgIpc) is 3.16. The highest BCUT2D eigenvalue weighted by Crippen LogP contribution is 2.35. The van der Waals surface area contributed by atoms with E-state index < -0.39 is 0 Å². The Balaban J connectivity index is 1.72. The second kappa shape index (κ2) is 9.31. The number of nitrogens with two attached hydrogens (primary N) is 1. The topological polar surface area (TPSA) is 98.6 Å². The van der Waals surface area contributed by atoms with Crippen molar-refractivity contribution in [1.29, 1.82) is 0 Å². The molecule has 0 unspecified atom stereocenters. The van der Waals surface area contributed by atoms with E-state index in [0.29, 0.717) is 34.9 Å². The number of hydrogen-bond donors (Lipinski definition) is 1. The molecule has 0 aliphatic heterocycles. The summed E-state index contributed by atoms with van der Waals surface area (Å²) in [5.74, 6) is 1.29. The summed E-state index contributed by atoms with van der Waals surface area (Å²) in [4.78, 5) is 14.7. The SMILES string of the molecule is C[C@@H](Sc1nnc(-c2ccccc2F)n1Cc1ccccc1)c1nc(N)nc(N(C)C)n1. The first-order valence-electron chi connectivity index (χ1n) is 10.00. The molecule has 2 aromatic carbocycles. The molecule has 2 aromatic heterocycles. The van der Waals surface area contributed by atoms with Crippen molar-refractivity contribution in [1.82, 2.24) is 29.7 Å². The van der Waals surface area contributed by atoms with Crippen molar-refractivity contribution in [2.24, 2.45) is 0 Å². The first kappa shape index (κ1) is 21.7. The third kappa shape index (κ3) is 4.70. The zero-order valence-corrected chi connectivity index (χ0v) is 18.8. The van der Waals surface area contributed by atoms with Crippen molar-refractivity contribution in [3.63, 3.8) is 0 Å². The molecule has 32 heavy (non-hydrogen) atoms. The number of thioether (sulfide) groups is 1. The molecule has 164 valence electrons. The van der Waals surface area contributed by atoms with Crippen molar-refractivity contribution < 1.29 is 4.39 Å². The Hall–Kier alpha value is -3.53. The van der Waals surface area contributed by atoms with Crippen LogP contribution in [0.1, 0.15) is 23.6 Å². The Bertz CT molecular complexity index is 1210. The number of nitrogen functional groups attached to an aromatic ring is 1. The monoisotopic (exact) mass is 450 g/mol. The normalized spacial score (nSPS) is 12.0. The van der Waals surface area contributed by atoms with Crippen LogP contribution in [0.2, 0.25) is 0 Å².